The lowest BCUT2D eigenvalue weighted by molar-refractivity contribution is -0.141. The molecule has 1 rings (SSSR count). The molecule has 1 unspecified atom stereocenters. The van der Waals surface area contributed by atoms with Gasteiger partial charge in [0.25, 0.3) is 0 Å². The average Bonchev–Trinajstić information content (AvgIpc) is 2.23. The van der Waals surface area contributed by atoms with Crippen LogP contribution in [0.3, 0.4) is 0 Å². The number of methoxy groups -OCH3 is 1. The Morgan fingerprint density at radius 3 is 2.81 bits per heavy atom. The monoisotopic (exact) mass is 240 g/mol. The number of hydrogen-bond acceptors (Lipinski definition) is 5. The molecule has 0 fully saturated rings. The van der Waals surface area contributed by atoms with Gasteiger partial charge < -0.3 is 10.5 Å². The van der Waals surface area contributed by atoms with Crippen LogP contribution in [0, 0.1) is 13.8 Å². The number of aryl methyl sites for hydroxylation is 2. The standard InChI is InChI=1S/C11H16N2O2S/c1-7-4-8(2)13-10(5-7)16-6-9(12)11(14)15-3/h4-5,9H,6,12H2,1-3H3. The molecule has 1 aromatic rings. The van der Waals surface area contributed by atoms with E-state index in [4.69, 9.17) is 5.73 Å². The normalized spacial score (nSPS) is 12.2. The molecule has 88 valence electrons. The van der Waals surface area contributed by atoms with Crippen molar-refractivity contribution in [3.05, 3.63) is 23.4 Å². The number of aromatic nitrogens is 1. The van der Waals surface area contributed by atoms with Gasteiger partial charge >= 0.3 is 5.97 Å². The molecule has 0 aliphatic carbocycles. The number of hydrogen-bond donors (Lipinski definition) is 1. The van der Waals surface area contributed by atoms with Crippen LogP contribution in [0.2, 0.25) is 0 Å². The van der Waals surface area contributed by atoms with E-state index in [1.807, 2.05) is 26.0 Å². The Morgan fingerprint density at radius 1 is 1.56 bits per heavy atom. The van der Waals surface area contributed by atoms with Crippen LogP contribution in [0.15, 0.2) is 17.2 Å². The maximum atomic E-state index is 11.1. The molecule has 0 bridgehead atoms. The summed E-state index contributed by atoms with van der Waals surface area (Å²) in [5.41, 5.74) is 7.75. The molecule has 0 aliphatic heterocycles. The van der Waals surface area contributed by atoms with Gasteiger partial charge in [0.15, 0.2) is 0 Å². The van der Waals surface area contributed by atoms with E-state index in [0.29, 0.717) is 5.75 Å². The van der Waals surface area contributed by atoms with Crippen LogP contribution < -0.4 is 5.73 Å². The SMILES string of the molecule is COC(=O)C(N)CSc1cc(C)cc(C)n1. The van der Waals surface area contributed by atoms with E-state index in [1.54, 1.807) is 0 Å². The topological polar surface area (TPSA) is 65.2 Å². The Balaban J connectivity index is 2.57. The number of ether oxygens (including phenoxy) is 1. The first-order valence-electron chi connectivity index (χ1n) is 4.94. The summed E-state index contributed by atoms with van der Waals surface area (Å²) in [5.74, 6) is 0.0830. The smallest absolute Gasteiger partial charge is 0.323 e. The minimum absolute atomic E-state index is 0.392. The van der Waals surface area contributed by atoms with Crippen molar-refractivity contribution >= 4 is 17.7 Å². The molecule has 0 saturated heterocycles. The second-order valence-corrected chi connectivity index (χ2v) is 4.61. The maximum Gasteiger partial charge on any atom is 0.323 e. The summed E-state index contributed by atoms with van der Waals surface area (Å²) in [5, 5.41) is 0.886. The Morgan fingerprint density at radius 2 is 2.25 bits per heavy atom. The quantitative estimate of drug-likeness (QED) is 0.634. The molecule has 0 radical (unpaired) electrons. The number of carbonyl (C=O) groups is 1. The molecule has 0 spiro atoms. The van der Waals surface area contributed by atoms with Crippen LogP contribution in [0.5, 0.6) is 0 Å². The summed E-state index contributed by atoms with van der Waals surface area (Å²) in [7, 11) is 1.34. The predicted molar refractivity (Wildman–Crippen MR) is 64.4 cm³/mol. The first-order chi connectivity index (χ1) is 7.52. The average molecular weight is 240 g/mol. The molecule has 16 heavy (non-hydrogen) atoms. The highest BCUT2D eigenvalue weighted by molar-refractivity contribution is 7.99. The highest BCUT2D eigenvalue weighted by Crippen LogP contribution is 2.18. The third-order valence-corrected chi connectivity index (χ3v) is 3.02. The van der Waals surface area contributed by atoms with Crippen molar-refractivity contribution in [3.63, 3.8) is 0 Å². The molecule has 5 heteroatoms. The lowest BCUT2D eigenvalue weighted by Gasteiger charge is -2.08. The number of esters is 1. The first kappa shape index (κ1) is 13.0. The van der Waals surface area contributed by atoms with Gasteiger partial charge in [-0.25, -0.2) is 4.98 Å². The molecular weight excluding hydrogens is 224 g/mol. The van der Waals surface area contributed by atoms with Crippen molar-refractivity contribution in [2.45, 2.75) is 24.9 Å². The number of nitrogens with two attached hydrogens (primary N) is 1. The Kier molecular flexibility index (Phi) is 4.76. The molecule has 0 amide bonds. The van der Waals surface area contributed by atoms with E-state index < -0.39 is 12.0 Å². The van der Waals surface area contributed by atoms with Gasteiger partial charge in [-0.15, -0.1) is 11.8 Å². The van der Waals surface area contributed by atoms with Crippen molar-refractivity contribution < 1.29 is 9.53 Å². The fraction of sp³-hybridized carbons (Fsp3) is 0.455. The Hall–Kier alpha value is -1.07. The van der Waals surface area contributed by atoms with Crippen LogP contribution in [-0.4, -0.2) is 29.9 Å². The van der Waals surface area contributed by atoms with E-state index in [0.717, 1.165) is 16.3 Å². The zero-order valence-corrected chi connectivity index (χ0v) is 10.5. The predicted octanol–water partition coefficient (Wildman–Crippen LogP) is 1.29. The molecular formula is C11H16N2O2S. The molecule has 0 aliphatic rings. The summed E-state index contributed by atoms with van der Waals surface area (Å²) < 4.78 is 4.55. The van der Waals surface area contributed by atoms with Crippen molar-refractivity contribution in [1.29, 1.82) is 0 Å². The summed E-state index contributed by atoms with van der Waals surface area (Å²) in [6.07, 6.45) is 0. The van der Waals surface area contributed by atoms with Gasteiger partial charge in [0.2, 0.25) is 0 Å². The number of pyridine rings is 1. The zero-order valence-electron chi connectivity index (χ0n) is 9.69. The van der Waals surface area contributed by atoms with E-state index in [-0.39, 0.29) is 0 Å². The molecule has 1 heterocycles. The number of carbonyl (C=O) groups excluding carboxylic acids is 1. The minimum atomic E-state index is -0.599. The van der Waals surface area contributed by atoms with Crippen molar-refractivity contribution in [2.75, 3.05) is 12.9 Å². The van der Waals surface area contributed by atoms with Crippen LogP contribution >= 0.6 is 11.8 Å². The third-order valence-electron chi connectivity index (χ3n) is 1.99. The van der Waals surface area contributed by atoms with Crippen LogP contribution in [0.25, 0.3) is 0 Å². The van der Waals surface area contributed by atoms with E-state index in [2.05, 4.69) is 9.72 Å². The van der Waals surface area contributed by atoms with E-state index in [1.165, 1.54) is 18.9 Å². The summed E-state index contributed by atoms with van der Waals surface area (Å²) >= 11 is 1.46. The largest absolute Gasteiger partial charge is 0.468 e. The summed E-state index contributed by atoms with van der Waals surface area (Å²) in [6.45, 7) is 3.95. The van der Waals surface area contributed by atoms with Crippen LogP contribution in [0.4, 0.5) is 0 Å². The van der Waals surface area contributed by atoms with E-state index >= 15 is 0 Å². The van der Waals surface area contributed by atoms with Gasteiger partial charge in [-0.1, -0.05) is 0 Å². The molecule has 1 atom stereocenters. The maximum absolute atomic E-state index is 11.1. The number of rotatable bonds is 4. The minimum Gasteiger partial charge on any atom is -0.468 e. The first-order valence-corrected chi connectivity index (χ1v) is 5.93. The third kappa shape index (κ3) is 3.83. The molecule has 1 aromatic heterocycles. The lowest BCUT2D eigenvalue weighted by atomic mass is 10.3. The van der Waals surface area contributed by atoms with Gasteiger partial charge in [0.1, 0.15) is 6.04 Å². The van der Waals surface area contributed by atoms with E-state index in [9.17, 15) is 4.79 Å². The second-order valence-electron chi connectivity index (χ2n) is 3.56. The molecule has 0 saturated carbocycles. The van der Waals surface area contributed by atoms with Crippen molar-refractivity contribution in [2.24, 2.45) is 5.73 Å². The fourth-order valence-electron chi connectivity index (χ4n) is 1.27. The van der Waals surface area contributed by atoms with Gasteiger partial charge in [-0.3, -0.25) is 4.79 Å². The van der Waals surface area contributed by atoms with Gasteiger partial charge in [-0.05, 0) is 31.5 Å². The summed E-state index contributed by atoms with van der Waals surface area (Å²) in [4.78, 5) is 15.4. The molecule has 0 aromatic carbocycles. The highest BCUT2D eigenvalue weighted by Gasteiger charge is 2.14. The Bertz CT molecular complexity index is 362. The molecule has 2 N–H and O–H groups in total. The van der Waals surface area contributed by atoms with Gasteiger partial charge in [-0.2, -0.15) is 0 Å². The summed E-state index contributed by atoms with van der Waals surface area (Å²) in [6, 6.07) is 3.38. The highest BCUT2D eigenvalue weighted by atomic mass is 32.2. The lowest BCUT2D eigenvalue weighted by Crippen LogP contribution is -2.33. The van der Waals surface area contributed by atoms with Crippen LogP contribution in [0.1, 0.15) is 11.3 Å². The molecule has 4 nitrogen and oxygen atoms in total. The van der Waals surface area contributed by atoms with Crippen LogP contribution in [-0.2, 0) is 9.53 Å². The second kappa shape index (κ2) is 5.86. The Labute approximate surface area is 99.6 Å². The zero-order chi connectivity index (χ0) is 12.1. The number of thioether (sulfide) groups is 1. The van der Waals surface area contributed by atoms with Gasteiger partial charge in [0, 0.05) is 11.4 Å². The van der Waals surface area contributed by atoms with Gasteiger partial charge in [0.05, 0.1) is 12.1 Å². The number of nitrogens with zero attached hydrogens (tertiary/aromatic N) is 1. The van der Waals surface area contributed by atoms with Crippen molar-refractivity contribution in [1.82, 2.24) is 4.98 Å². The van der Waals surface area contributed by atoms with Crippen molar-refractivity contribution in [3.8, 4) is 0 Å². The fourth-order valence-corrected chi connectivity index (χ4v) is 2.24.